The summed E-state index contributed by atoms with van der Waals surface area (Å²) in [5, 5.41) is 5.48. The maximum Gasteiger partial charge on any atom is 0.321 e. The van der Waals surface area contributed by atoms with Crippen molar-refractivity contribution in [2.75, 3.05) is 31.5 Å². The van der Waals surface area contributed by atoms with Crippen molar-refractivity contribution in [1.29, 1.82) is 0 Å². The maximum absolute atomic E-state index is 14.0. The number of carbonyl (C=O) groups excluding carboxylic acids is 3. The quantitative estimate of drug-likeness (QED) is 0.747. The van der Waals surface area contributed by atoms with Gasteiger partial charge in [-0.2, -0.15) is 0 Å². The number of anilines is 1. The van der Waals surface area contributed by atoms with Gasteiger partial charge < -0.3 is 20.4 Å². The molecule has 4 rings (SSSR count). The number of hydrogen-bond acceptors (Lipinski definition) is 3. The fraction of sp³-hybridized carbons (Fsp3) is 0.400. The van der Waals surface area contributed by atoms with E-state index >= 15 is 0 Å². The third kappa shape index (κ3) is 5.88. The Balaban J connectivity index is 1.52. The highest BCUT2D eigenvalue weighted by Crippen LogP contribution is 2.35. The van der Waals surface area contributed by atoms with E-state index in [1.807, 2.05) is 35.2 Å². The van der Waals surface area contributed by atoms with Crippen LogP contribution in [0, 0.1) is 11.7 Å². The Morgan fingerprint density at radius 2 is 1.70 bits per heavy atom. The van der Waals surface area contributed by atoms with Gasteiger partial charge in [0.05, 0.1) is 18.2 Å². The third-order valence-electron chi connectivity index (χ3n) is 6.08. The fourth-order valence-electron chi connectivity index (χ4n) is 4.15. The lowest BCUT2D eigenvalue weighted by molar-refractivity contribution is -0.136. The molecule has 0 radical (unpaired) electrons. The van der Waals surface area contributed by atoms with Crippen LogP contribution in [0.2, 0.25) is 0 Å². The van der Waals surface area contributed by atoms with Gasteiger partial charge in [0.1, 0.15) is 5.82 Å². The first-order valence-electron chi connectivity index (χ1n) is 11.5. The second kappa shape index (κ2) is 10.5. The monoisotopic (exact) mass is 452 g/mol. The number of rotatable bonds is 3. The van der Waals surface area contributed by atoms with Crippen LogP contribution in [0.1, 0.15) is 37.3 Å². The second-order valence-electron chi connectivity index (χ2n) is 8.54. The number of amides is 4. The average Bonchev–Trinajstić information content (AvgIpc) is 3.66. The molecule has 0 spiro atoms. The molecule has 2 N–H and O–H groups in total. The van der Waals surface area contributed by atoms with E-state index in [9.17, 15) is 18.8 Å². The Labute approximate surface area is 192 Å². The van der Waals surface area contributed by atoms with Crippen LogP contribution < -0.4 is 10.6 Å². The molecule has 1 unspecified atom stereocenters. The molecule has 2 aromatic carbocycles. The zero-order valence-electron chi connectivity index (χ0n) is 18.5. The molecule has 0 aromatic heterocycles. The van der Waals surface area contributed by atoms with Gasteiger partial charge in [-0.15, -0.1) is 0 Å². The third-order valence-corrected chi connectivity index (χ3v) is 6.08. The van der Waals surface area contributed by atoms with E-state index in [-0.39, 0.29) is 42.4 Å². The summed E-state index contributed by atoms with van der Waals surface area (Å²) >= 11 is 0. The normalized spacial score (nSPS) is 19.9. The zero-order valence-corrected chi connectivity index (χ0v) is 18.5. The van der Waals surface area contributed by atoms with Crippen molar-refractivity contribution >= 4 is 23.5 Å². The SMILES string of the molecule is O=C1CC(c2ccccc2)N(C(=O)C2CC2)CCCN(C(=O)Nc2ccccc2F)CCN1. The molecule has 2 aromatic rings. The van der Waals surface area contributed by atoms with E-state index in [4.69, 9.17) is 0 Å². The van der Waals surface area contributed by atoms with Crippen molar-refractivity contribution in [2.45, 2.75) is 31.7 Å². The number of para-hydroxylation sites is 1. The lowest BCUT2D eigenvalue weighted by Gasteiger charge is -2.32. The number of hydrogen-bond donors (Lipinski definition) is 2. The molecular weight excluding hydrogens is 423 g/mol. The molecule has 1 saturated heterocycles. The molecule has 0 bridgehead atoms. The molecule has 8 heteroatoms. The van der Waals surface area contributed by atoms with Crippen molar-refractivity contribution < 1.29 is 18.8 Å². The maximum atomic E-state index is 14.0. The van der Waals surface area contributed by atoms with Gasteiger partial charge in [0, 0.05) is 32.1 Å². The minimum Gasteiger partial charge on any atom is -0.354 e. The fourth-order valence-corrected chi connectivity index (χ4v) is 4.15. The predicted octanol–water partition coefficient (Wildman–Crippen LogP) is 3.55. The molecule has 1 heterocycles. The van der Waals surface area contributed by atoms with Gasteiger partial charge in [-0.1, -0.05) is 42.5 Å². The van der Waals surface area contributed by atoms with Crippen molar-refractivity contribution in [2.24, 2.45) is 5.92 Å². The number of nitrogens with one attached hydrogen (secondary N) is 2. The van der Waals surface area contributed by atoms with E-state index in [1.165, 1.54) is 12.1 Å². The summed E-state index contributed by atoms with van der Waals surface area (Å²) in [5.74, 6) is -0.596. The zero-order chi connectivity index (χ0) is 23.2. The van der Waals surface area contributed by atoms with E-state index in [0.29, 0.717) is 26.1 Å². The lowest BCUT2D eigenvalue weighted by atomic mass is 10.0. The van der Waals surface area contributed by atoms with Gasteiger partial charge >= 0.3 is 6.03 Å². The van der Waals surface area contributed by atoms with Crippen LogP contribution in [0.3, 0.4) is 0 Å². The van der Waals surface area contributed by atoms with Gasteiger partial charge in [-0.05, 0) is 37.0 Å². The van der Waals surface area contributed by atoms with Gasteiger partial charge in [-0.3, -0.25) is 9.59 Å². The van der Waals surface area contributed by atoms with Gasteiger partial charge in [0.2, 0.25) is 11.8 Å². The molecule has 1 aliphatic heterocycles. The molecule has 2 fully saturated rings. The standard InChI is InChI=1S/C25H29FN4O3/c26-20-9-4-5-10-21(20)28-25(33)29-14-6-15-30(24(32)19-11-12-19)22(17-23(31)27-13-16-29)18-7-2-1-3-8-18/h1-5,7-10,19,22H,6,11-17H2,(H,27,31)(H,28,33). The smallest absolute Gasteiger partial charge is 0.321 e. The molecule has 1 aliphatic carbocycles. The van der Waals surface area contributed by atoms with Crippen LogP contribution in [0.4, 0.5) is 14.9 Å². The van der Waals surface area contributed by atoms with Crippen molar-refractivity contribution in [3.8, 4) is 0 Å². The van der Waals surface area contributed by atoms with Crippen LogP contribution in [-0.2, 0) is 9.59 Å². The van der Waals surface area contributed by atoms with E-state index in [2.05, 4.69) is 10.6 Å². The van der Waals surface area contributed by atoms with Crippen molar-refractivity contribution in [3.63, 3.8) is 0 Å². The second-order valence-corrected chi connectivity index (χ2v) is 8.54. The van der Waals surface area contributed by atoms with Crippen molar-refractivity contribution in [1.82, 2.24) is 15.1 Å². The van der Waals surface area contributed by atoms with Crippen LogP contribution in [-0.4, -0.2) is 53.8 Å². The number of urea groups is 1. The van der Waals surface area contributed by atoms with E-state index in [0.717, 1.165) is 18.4 Å². The summed E-state index contributed by atoms with van der Waals surface area (Å²) in [5.41, 5.74) is 1.03. The number of nitrogens with zero attached hydrogens (tertiary/aromatic N) is 2. The van der Waals surface area contributed by atoms with E-state index in [1.54, 1.807) is 17.0 Å². The predicted molar refractivity (Wildman–Crippen MR) is 123 cm³/mol. The van der Waals surface area contributed by atoms with E-state index < -0.39 is 11.8 Å². The Kier molecular flexibility index (Phi) is 7.22. The first-order chi connectivity index (χ1) is 16.0. The Bertz CT molecular complexity index is 996. The molecule has 1 atom stereocenters. The molecule has 7 nitrogen and oxygen atoms in total. The topological polar surface area (TPSA) is 81.8 Å². The number of carbonyl (C=O) groups is 3. The van der Waals surface area contributed by atoms with Crippen LogP contribution in [0.25, 0.3) is 0 Å². The van der Waals surface area contributed by atoms with Crippen LogP contribution in [0.15, 0.2) is 54.6 Å². The summed E-state index contributed by atoms with van der Waals surface area (Å²) in [4.78, 5) is 42.1. The molecule has 174 valence electrons. The molecular formula is C25H29FN4O3. The summed E-state index contributed by atoms with van der Waals surface area (Å²) < 4.78 is 14.0. The molecule has 4 amide bonds. The summed E-state index contributed by atoms with van der Waals surface area (Å²) in [6.07, 6.45) is 2.48. The summed E-state index contributed by atoms with van der Waals surface area (Å²) in [6, 6.07) is 14.8. The Morgan fingerprint density at radius 1 is 0.970 bits per heavy atom. The molecule has 33 heavy (non-hydrogen) atoms. The van der Waals surface area contributed by atoms with Crippen LogP contribution >= 0.6 is 0 Å². The minimum atomic E-state index is -0.510. The van der Waals surface area contributed by atoms with Gasteiger partial charge in [0.25, 0.3) is 0 Å². The largest absolute Gasteiger partial charge is 0.354 e. The number of benzene rings is 2. The lowest BCUT2D eigenvalue weighted by Crippen LogP contribution is -2.41. The highest BCUT2D eigenvalue weighted by atomic mass is 19.1. The summed E-state index contributed by atoms with van der Waals surface area (Å²) in [6.45, 7) is 1.39. The van der Waals surface area contributed by atoms with Crippen molar-refractivity contribution in [3.05, 3.63) is 66.0 Å². The minimum absolute atomic E-state index is 0.0184. The Morgan fingerprint density at radius 3 is 2.42 bits per heavy atom. The average molecular weight is 453 g/mol. The molecule has 1 saturated carbocycles. The highest BCUT2D eigenvalue weighted by molar-refractivity contribution is 5.89. The van der Waals surface area contributed by atoms with Crippen LogP contribution in [0.5, 0.6) is 0 Å². The summed E-state index contributed by atoms with van der Waals surface area (Å²) in [7, 11) is 0. The Hall–Kier alpha value is -3.42. The first kappa shape index (κ1) is 22.8. The molecule has 2 aliphatic rings. The van der Waals surface area contributed by atoms with Gasteiger partial charge in [0.15, 0.2) is 0 Å². The number of halogens is 1. The van der Waals surface area contributed by atoms with Gasteiger partial charge in [-0.25, -0.2) is 9.18 Å². The first-order valence-corrected chi connectivity index (χ1v) is 11.5. The highest BCUT2D eigenvalue weighted by Gasteiger charge is 2.37.